The largest absolute Gasteiger partial charge is 0.494 e. The van der Waals surface area contributed by atoms with E-state index in [9.17, 15) is 4.79 Å². The molecule has 1 amide bonds. The van der Waals surface area contributed by atoms with Crippen LogP contribution < -0.4 is 10.1 Å². The number of rotatable bonds is 5. The molecule has 2 aromatic rings. The number of hydrogen-bond donors (Lipinski definition) is 1. The highest BCUT2D eigenvalue weighted by molar-refractivity contribution is 6.34. The standard InChI is InChI=1S/C20H21NO2/c1-14(2)11-12-23-16-9-7-15(8-10-16)13-18-17-5-3-4-6-19(17)21-20(18)22/h3-10,13-14H,11-12H2,1-2H3,(H,21,22). The maximum atomic E-state index is 12.1. The van der Waals surface area contributed by atoms with Gasteiger partial charge in [-0.1, -0.05) is 44.2 Å². The van der Waals surface area contributed by atoms with Gasteiger partial charge in [0.15, 0.2) is 0 Å². The lowest BCUT2D eigenvalue weighted by Gasteiger charge is -2.08. The molecule has 0 saturated heterocycles. The van der Waals surface area contributed by atoms with Crippen LogP contribution in [0.15, 0.2) is 48.5 Å². The van der Waals surface area contributed by atoms with Crippen molar-refractivity contribution in [1.29, 1.82) is 0 Å². The minimum absolute atomic E-state index is 0.0524. The van der Waals surface area contributed by atoms with Gasteiger partial charge in [-0.2, -0.15) is 0 Å². The molecule has 0 spiro atoms. The van der Waals surface area contributed by atoms with Crippen molar-refractivity contribution in [3.05, 3.63) is 59.7 Å². The Morgan fingerprint density at radius 1 is 1.09 bits per heavy atom. The van der Waals surface area contributed by atoms with Crippen molar-refractivity contribution in [2.75, 3.05) is 11.9 Å². The lowest BCUT2D eigenvalue weighted by molar-refractivity contribution is -0.110. The molecule has 0 atom stereocenters. The van der Waals surface area contributed by atoms with Crippen LogP contribution in [-0.2, 0) is 4.79 Å². The number of anilines is 1. The molecular weight excluding hydrogens is 286 g/mol. The van der Waals surface area contributed by atoms with E-state index in [1.807, 2.05) is 54.6 Å². The molecule has 0 fully saturated rings. The molecule has 23 heavy (non-hydrogen) atoms. The van der Waals surface area contributed by atoms with Crippen LogP contribution in [0.3, 0.4) is 0 Å². The molecule has 1 heterocycles. The first-order valence-corrected chi connectivity index (χ1v) is 7.99. The molecule has 118 valence electrons. The lowest BCUT2D eigenvalue weighted by Crippen LogP contribution is -2.03. The first kappa shape index (κ1) is 15.3. The highest BCUT2D eigenvalue weighted by atomic mass is 16.5. The zero-order valence-electron chi connectivity index (χ0n) is 13.5. The summed E-state index contributed by atoms with van der Waals surface area (Å²) in [6, 6.07) is 15.6. The number of amides is 1. The van der Waals surface area contributed by atoms with Crippen LogP contribution in [0.2, 0.25) is 0 Å². The van der Waals surface area contributed by atoms with Crippen molar-refractivity contribution in [2.45, 2.75) is 20.3 Å². The summed E-state index contributed by atoms with van der Waals surface area (Å²) in [5.41, 5.74) is 3.52. The van der Waals surface area contributed by atoms with E-state index in [0.29, 0.717) is 11.5 Å². The Labute approximate surface area is 137 Å². The molecule has 0 bridgehead atoms. The van der Waals surface area contributed by atoms with E-state index >= 15 is 0 Å². The minimum atomic E-state index is -0.0524. The predicted octanol–water partition coefficient (Wildman–Crippen LogP) is 4.60. The van der Waals surface area contributed by atoms with E-state index < -0.39 is 0 Å². The summed E-state index contributed by atoms with van der Waals surface area (Å²) in [6.45, 7) is 5.10. The maximum Gasteiger partial charge on any atom is 0.256 e. The van der Waals surface area contributed by atoms with Crippen molar-refractivity contribution in [2.24, 2.45) is 5.92 Å². The molecule has 3 heteroatoms. The molecule has 2 aromatic carbocycles. The summed E-state index contributed by atoms with van der Waals surface area (Å²) in [4.78, 5) is 12.1. The number of hydrogen-bond acceptors (Lipinski definition) is 2. The fourth-order valence-corrected chi connectivity index (χ4v) is 2.52. The van der Waals surface area contributed by atoms with E-state index in [1.54, 1.807) is 0 Å². The molecule has 3 nitrogen and oxygen atoms in total. The first-order chi connectivity index (χ1) is 11.1. The molecule has 1 aliphatic heterocycles. The van der Waals surface area contributed by atoms with E-state index in [2.05, 4.69) is 19.2 Å². The molecule has 1 aliphatic rings. The number of carbonyl (C=O) groups excluding carboxylic acids is 1. The fourth-order valence-electron chi connectivity index (χ4n) is 2.52. The monoisotopic (exact) mass is 307 g/mol. The number of fused-ring (bicyclic) bond motifs is 1. The minimum Gasteiger partial charge on any atom is -0.494 e. The third-order valence-electron chi connectivity index (χ3n) is 3.87. The Balaban J connectivity index is 1.74. The average Bonchev–Trinajstić information content (AvgIpc) is 2.85. The van der Waals surface area contributed by atoms with Gasteiger partial charge in [-0.3, -0.25) is 4.79 Å². The molecule has 0 saturated carbocycles. The van der Waals surface area contributed by atoms with E-state index in [-0.39, 0.29) is 5.91 Å². The van der Waals surface area contributed by atoms with Crippen LogP contribution in [0.4, 0.5) is 5.69 Å². The molecule has 1 N–H and O–H groups in total. The van der Waals surface area contributed by atoms with Crippen LogP contribution in [0.25, 0.3) is 11.6 Å². The zero-order valence-corrected chi connectivity index (χ0v) is 13.5. The lowest BCUT2D eigenvalue weighted by atomic mass is 10.0. The third kappa shape index (κ3) is 3.62. The summed E-state index contributed by atoms with van der Waals surface area (Å²) >= 11 is 0. The second kappa shape index (κ2) is 6.69. The predicted molar refractivity (Wildman–Crippen MR) is 94.3 cm³/mol. The Morgan fingerprint density at radius 2 is 1.83 bits per heavy atom. The number of para-hydroxylation sites is 1. The number of ether oxygens (including phenoxy) is 1. The van der Waals surface area contributed by atoms with Gasteiger partial charge in [0.25, 0.3) is 5.91 Å². The van der Waals surface area contributed by atoms with Crippen molar-refractivity contribution in [3.8, 4) is 5.75 Å². The van der Waals surface area contributed by atoms with Gasteiger partial charge in [0, 0.05) is 16.8 Å². The smallest absolute Gasteiger partial charge is 0.256 e. The van der Waals surface area contributed by atoms with Gasteiger partial charge in [-0.05, 0) is 42.2 Å². The molecular formula is C20H21NO2. The average molecular weight is 307 g/mol. The fraction of sp³-hybridized carbons (Fsp3) is 0.250. The van der Waals surface area contributed by atoms with Crippen LogP contribution in [0.1, 0.15) is 31.4 Å². The molecule has 0 radical (unpaired) electrons. The zero-order chi connectivity index (χ0) is 16.2. The second-order valence-electron chi connectivity index (χ2n) is 6.16. The first-order valence-electron chi connectivity index (χ1n) is 7.99. The SMILES string of the molecule is CC(C)CCOc1ccc(C=C2C(=O)Nc3ccccc32)cc1. The Hall–Kier alpha value is -2.55. The second-order valence-corrected chi connectivity index (χ2v) is 6.16. The van der Waals surface area contributed by atoms with Crippen LogP contribution >= 0.6 is 0 Å². The molecule has 0 aliphatic carbocycles. The molecule has 0 aromatic heterocycles. The number of benzene rings is 2. The quantitative estimate of drug-likeness (QED) is 0.820. The summed E-state index contributed by atoms with van der Waals surface area (Å²) in [6.07, 6.45) is 2.96. The number of carbonyl (C=O) groups is 1. The van der Waals surface area contributed by atoms with Crippen LogP contribution in [0.5, 0.6) is 5.75 Å². The van der Waals surface area contributed by atoms with Gasteiger partial charge in [-0.15, -0.1) is 0 Å². The summed E-state index contributed by atoms with van der Waals surface area (Å²) in [7, 11) is 0. The summed E-state index contributed by atoms with van der Waals surface area (Å²) in [5.74, 6) is 1.45. The van der Waals surface area contributed by atoms with Crippen LogP contribution in [0, 0.1) is 5.92 Å². The van der Waals surface area contributed by atoms with Gasteiger partial charge >= 0.3 is 0 Å². The van der Waals surface area contributed by atoms with Gasteiger partial charge in [0.2, 0.25) is 0 Å². The van der Waals surface area contributed by atoms with E-state index in [4.69, 9.17) is 4.74 Å². The summed E-state index contributed by atoms with van der Waals surface area (Å²) < 4.78 is 5.72. The maximum absolute atomic E-state index is 12.1. The van der Waals surface area contributed by atoms with Crippen LogP contribution in [-0.4, -0.2) is 12.5 Å². The normalized spacial score (nSPS) is 14.9. The van der Waals surface area contributed by atoms with Crippen molar-refractivity contribution in [1.82, 2.24) is 0 Å². The topological polar surface area (TPSA) is 38.3 Å². The van der Waals surface area contributed by atoms with Gasteiger partial charge in [0.05, 0.1) is 6.61 Å². The van der Waals surface area contributed by atoms with E-state index in [1.165, 1.54) is 0 Å². The Kier molecular flexibility index (Phi) is 4.47. The van der Waals surface area contributed by atoms with Gasteiger partial charge in [-0.25, -0.2) is 0 Å². The Morgan fingerprint density at radius 3 is 2.57 bits per heavy atom. The molecule has 0 unspecified atom stereocenters. The van der Waals surface area contributed by atoms with Gasteiger partial charge in [0.1, 0.15) is 5.75 Å². The van der Waals surface area contributed by atoms with Crippen molar-refractivity contribution < 1.29 is 9.53 Å². The van der Waals surface area contributed by atoms with Crippen molar-refractivity contribution in [3.63, 3.8) is 0 Å². The Bertz CT molecular complexity index is 730. The highest BCUT2D eigenvalue weighted by Gasteiger charge is 2.23. The molecule has 3 rings (SSSR count). The summed E-state index contributed by atoms with van der Waals surface area (Å²) in [5, 5.41) is 2.89. The van der Waals surface area contributed by atoms with Gasteiger partial charge < -0.3 is 10.1 Å². The third-order valence-corrected chi connectivity index (χ3v) is 3.87. The number of nitrogens with one attached hydrogen (secondary N) is 1. The van der Waals surface area contributed by atoms with E-state index in [0.717, 1.165) is 35.6 Å². The highest BCUT2D eigenvalue weighted by Crippen LogP contribution is 2.32. The van der Waals surface area contributed by atoms with Crippen molar-refractivity contribution >= 4 is 23.2 Å².